The molecule has 1 aliphatic rings. The molecule has 0 amide bonds. The summed E-state index contributed by atoms with van der Waals surface area (Å²) in [5.41, 5.74) is -0.789. The summed E-state index contributed by atoms with van der Waals surface area (Å²) in [7, 11) is -3.82. The van der Waals surface area contributed by atoms with Crippen LogP contribution in [0.15, 0.2) is 21.6 Å². The van der Waals surface area contributed by atoms with E-state index >= 15 is 0 Å². The molecule has 2 rings (SSSR count). The van der Waals surface area contributed by atoms with E-state index in [2.05, 4.69) is 25.6 Å². The van der Waals surface area contributed by atoms with Crippen LogP contribution >= 0.6 is 27.5 Å². The number of hydrogen-bond acceptors (Lipinski definition) is 4. The van der Waals surface area contributed by atoms with E-state index in [0.717, 1.165) is 19.3 Å². The average molecular weight is 384 g/mol. The molecule has 20 heavy (non-hydrogen) atoms. The fraction of sp³-hybridized carbons (Fsp3) is 0.583. The molecule has 1 saturated carbocycles. The number of nitrogens with one attached hydrogen (secondary N) is 1. The molecule has 2 N–H and O–H groups in total. The molecule has 1 aliphatic carbocycles. The topological polar surface area (TPSA) is 79.3 Å². The molecule has 0 aromatic carbocycles. The van der Waals surface area contributed by atoms with Crippen molar-refractivity contribution in [3.05, 3.63) is 21.9 Å². The molecular formula is C12H16BrClN2O3S. The maximum Gasteiger partial charge on any atom is 0.244 e. The Labute approximate surface area is 131 Å². The molecular weight excluding hydrogens is 368 g/mol. The fourth-order valence-corrected chi connectivity index (χ4v) is 4.85. The Balaban J connectivity index is 2.32. The molecule has 0 radical (unpaired) electrons. The first kappa shape index (κ1) is 16.2. The molecule has 0 spiro atoms. The number of nitrogens with zero attached hydrogens (tertiary/aromatic N) is 1. The average Bonchev–Trinajstić information content (AvgIpc) is 2.42. The number of rotatable bonds is 4. The summed E-state index contributed by atoms with van der Waals surface area (Å²) in [4.78, 5) is 3.75. The van der Waals surface area contributed by atoms with Crippen LogP contribution in [0.4, 0.5) is 0 Å². The number of aromatic nitrogens is 1. The molecule has 1 heterocycles. The van der Waals surface area contributed by atoms with Crippen molar-refractivity contribution in [1.29, 1.82) is 0 Å². The zero-order valence-electron chi connectivity index (χ0n) is 10.8. The van der Waals surface area contributed by atoms with Crippen LogP contribution in [0.3, 0.4) is 0 Å². The smallest absolute Gasteiger partial charge is 0.244 e. The Morgan fingerprint density at radius 1 is 1.40 bits per heavy atom. The van der Waals surface area contributed by atoms with Gasteiger partial charge >= 0.3 is 0 Å². The predicted molar refractivity (Wildman–Crippen MR) is 80.2 cm³/mol. The molecule has 5 nitrogen and oxygen atoms in total. The lowest BCUT2D eigenvalue weighted by atomic mass is 9.83. The van der Waals surface area contributed by atoms with Gasteiger partial charge < -0.3 is 5.11 Å². The lowest BCUT2D eigenvalue weighted by molar-refractivity contribution is 0.142. The second kappa shape index (κ2) is 6.27. The summed E-state index contributed by atoms with van der Waals surface area (Å²) < 4.78 is 28.1. The fourth-order valence-electron chi connectivity index (χ4n) is 2.45. The Bertz CT molecular complexity index is 588. The van der Waals surface area contributed by atoms with Crippen LogP contribution < -0.4 is 4.72 Å². The Morgan fingerprint density at radius 2 is 2.05 bits per heavy atom. The van der Waals surface area contributed by atoms with E-state index in [1.807, 2.05) is 0 Å². The van der Waals surface area contributed by atoms with Gasteiger partial charge in [0, 0.05) is 10.7 Å². The minimum absolute atomic E-state index is 0.0769. The number of halogens is 2. The van der Waals surface area contributed by atoms with Gasteiger partial charge in [-0.3, -0.25) is 0 Å². The zero-order valence-corrected chi connectivity index (χ0v) is 13.9. The molecule has 1 aromatic rings. The third-order valence-electron chi connectivity index (χ3n) is 3.53. The first-order valence-electron chi connectivity index (χ1n) is 6.34. The van der Waals surface area contributed by atoms with Gasteiger partial charge in [0.1, 0.15) is 10.0 Å². The maximum absolute atomic E-state index is 12.5. The Hall–Kier alpha value is -0.210. The van der Waals surface area contributed by atoms with Crippen molar-refractivity contribution in [3.8, 4) is 0 Å². The minimum atomic E-state index is -3.82. The van der Waals surface area contributed by atoms with Crippen LogP contribution in [0, 0.1) is 0 Å². The SMILES string of the molecule is O=S(=O)(NC1(CO)CCCCC1)c1cc(Br)cnc1Cl. The molecule has 1 aromatic heterocycles. The van der Waals surface area contributed by atoms with E-state index in [9.17, 15) is 13.5 Å². The number of aliphatic hydroxyl groups is 1. The third-order valence-corrected chi connectivity index (χ3v) is 5.97. The molecule has 0 unspecified atom stereocenters. The monoisotopic (exact) mass is 382 g/mol. The molecule has 0 bridgehead atoms. The van der Waals surface area contributed by atoms with Gasteiger partial charge in [-0.15, -0.1) is 0 Å². The molecule has 0 saturated heterocycles. The van der Waals surface area contributed by atoms with Crippen LogP contribution in [-0.4, -0.2) is 30.7 Å². The van der Waals surface area contributed by atoms with E-state index in [0.29, 0.717) is 17.3 Å². The second-order valence-corrected chi connectivity index (χ2v) is 7.97. The van der Waals surface area contributed by atoms with Gasteiger partial charge in [0.15, 0.2) is 0 Å². The van der Waals surface area contributed by atoms with Gasteiger partial charge in [-0.25, -0.2) is 18.1 Å². The largest absolute Gasteiger partial charge is 0.394 e. The summed E-state index contributed by atoms with van der Waals surface area (Å²) in [5.74, 6) is 0. The standard InChI is InChI=1S/C12H16BrClN2O3S/c13-9-6-10(11(14)15-7-9)20(18,19)16-12(8-17)4-2-1-3-5-12/h6-7,16-17H,1-5,8H2. The number of pyridine rings is 1. The zero-order chi connectivity index (χ0) is 14.8. The predicted octanol–water partition coefficient (Wildman–Crippen LogP) is 2.47. The van der Waals surface area contributed by atoms with Gasteiger partial charge in [0.2, 0.25) is 10.0 Å². The quantitative estimate of drug-likeness (QED) is 0.783. The van der Waals surface area contributed by atoms with E-state index in [1.165, 1.54) is 12.3 Å². The number of hydrogen-bond donors (Lipinski definition) is 2. The third kappa shape index (κ3) is 3.51. The molecule has 8 heteroatoms. The van der Waals surface area contributed by atoms with Crippen molar-refractivity contribution < 1.29 is 13.5 Å². The Morgan fingerprint density at radius 3 is 2.65 bits per heavy atom. The van der Waals surface area contributed by atoms with Gasteiger partial charge in [-0.1, -0.05) is 30.9 Å². The lowest BCUT2D eigenvalue weighted by Crippen LogP contribution is -2.52. The van der Waals surface area contributed by atoms with E-state index < -0.39 is 15.6 Å². The summed E-state index contributed by atoms with van der Waals surface area (Å²) >= 11 is 9.06. The van der Waals surface area contributed by atoms with Crippen molar-refractivity contribution in [2.45, 2.75) is 42.5 Å². The summed E-state index contributed by atoms with van der Waals surface area (Å²) in [6.45, 7) is -0.217. The molecule has 0 aliphatic heterocycles. The highest BCUT2D eigenvalue weighted by molar-refractivity contribution is 9.10. The lowest BCUT2D eigenvalue weighted by Gasteiger charge is -2.36. The van der Waals surface area contributed by atoms with Crippen molar-refractivity contribution >= 4 is 37.6 Å². The number of sulfonamides is 1. The van der Waals surface area contributed by atoms with Crippen LogP contribution in [0.2, 0.25) is 5.15 Å². The molecule has 112 valence electrons. The van der Waals surface area contributed by atoms with Gasteiger partial charge in [-0.2, -0.15) is 0 Å². The van der Waals surface area contributed by atoms with E-state index in [1.54, 1.807) is 0 Å². The molecule has 1 fully saturated rings. The van der Waals surface area contributed by atoms with Crippen molar-refractivity contribution in [1.82, 2.24) is 9.71 Å². The van der Waals surface area contributed by atoms with Gasteiger partial charge in [0.05, 0.1) is 12.1 Å². The van der Waals surface area contributed by atoms with Crippen molar-refractivity contribution in [3.63, 3.8) is 0 Å². The minimum Gasteiger partial charge on any atom is -0.394 e. The Kier molecular flexibility index (Phi) is 5.07. The van der Waals surface area contributed by atoms with Crippen molar-refractivity contribution in [2.75, 3.05) is 6.61 Å². The second-order valence-electron chi connectivity index (χ2n) is 5.05. The van der Waals surface area contributed by atoms with Crippen LogP contribution in [0.1, 0.15) is 32.1 Å². The van der Waals surface area contributed by atoms with Gasteiger partial charge in [-0.05, 0) is 34.8 Å². The van der Waals surface area contributed by atoms with E-state index in [4.69, 9.17) is 11.6 Å². The van der Waals surface area contributed by atoms with Crippen LogP contribution in [0.25, 0.3) is 0 Å². The van der Waals surface area contributed by atoms with Crippen LogP contribution in [-0.2, 0) is 10.0 Å². The maximum atomic E-state index is 12.5. The highest BCUT2D eigenvalue weighted by Gasteiger charge is 2.36. The summed E-state index contributed by atoms with van der Waals surface area (Å²) in [6, 6.07) is 1.41. The first-order valence-corrected chi connectivity index (χ1v) is 9.00. The van der Waals surface area contributed by atoms with Gasteiger partial charge in [0.25, 0.3) is 0 Å². The first-order chi connectivity index (χ1) is 9.38. The number of aliphatic hydroxyl groups excluding tert-OH is 1. The highest BCUT2D eigenvalue weighted by Crippen LogP contribution is 2.31. The summed E-state index contributed by atoms with van der Waals surface area (Å²) in [5, 5.41) is 9.51. The van der Waals surface area contributed by atoms with Crippen molar-refractivity contribution in [2.24, 2.45) is 0 Å². The summed E-state index contributed by atoms with van der Waals surface area (Å²) in [6.07, 6.45) is 5.54. The highest BCUT2D eigenvalue weighted by atomic mass is 79.9. The van der Waals surface area contributed by atoms with E-state index in [-0.39, 0.29) is 16.7 Å². The van der Waals surface area contributed by atoms with Crippen LogP contribution in [0.5, 0.6) is 0 Å². The molecule has 0 atom stereocenters. The normalized spacial score (nSPS) is 18.9.